The largest absolute Gasteiger partial charge is 0.479 e. The van der Waals surface area contributed by atoms with Crippen LogP contribution >= 0.6 is 0 Å². The highest BCUT2D eigenvalue weighted by atomic mass is 16.5. The maximum Gasteiger partial charge on any atom is 0.334 e. The summed E-state index contributed by atoms with van der Waals surface area (Å²) in [6, 6.07) is -0.702. The van der Waals surface area contributed by atoms with Crippen molar-refractivity contribution in [2.24, 2.45) is 0 Å². The van der Waals surface area contributed by atoms with E-state index in [1.54, 1.807) is 0 Å². The molecule has 2 aliphatic heterocycles. The second kappa shape index (κ2) is 4.37. The van der Waals surface area contributed by atoms with Gasteiger partial charge in [0, 0.05) is 7.05 Å². The lowest BCUT2D eigenvalue weighted by Crippen LogP contribution is -2.38. The van der Waals surface area contributed by atoms with Gasteiger partial charge in [-0.15, -0.1) is 0 Å². The van der Waals surface area contributed by atoms with Gasteiger partial charge in [0.25, 0.3) is 0 Å². The highest BCUT2D eigenvalue weighted by Crippen LogP contribution is 2.22. The summed E-state index contributed by atoms with van der Waals surface area (Å²) in [6.45, 7) is -0.0858. The molecule has 0 radical (unpaired) electrons. The predicted octanol–water partition coefficient (Wildman–Crippen LogP) is -0.961. The molecule has 8 heteroatoms. The number of rotatable bonds is 3. The number of amides is 4. The monoisotopic (exact) mass is 256 g/mol. The molecule has 0 aromatic heterocycles. The third kappa shape index (κ3) is 1.94. The Morgan fingerprint density at radius 2 is 2.00 bits per heavy atom. The number of nitrogens with zero attached hydrogens (tertiary/aromatic N) is 2. The van der Waals surface area contributed by atoms with Gasteiger partial charge in [-0.05, 0) is 12.8 Å². The van der Waals surface area contributed by atoms with Crippen molar-refractivity contribution in [2.45, 2.75) is 25.0 Å². The minimum atomic E-state index is -1.07. The molecule has 2 heterocycles. The Balaban J connectivity index is 1.99. The zero-order valence-electron chi connectivity index (χ0n) is 9.66. The highest BCUT2D eigenvalue weighted by molar-refractivity contribution is 6.44. The topological polar surface area (TPSA) is 104 Å². The number of likely N-dealkylation sites (N-methyl/N-ethyl adjacent to an activating group) is 1. The van der Waals surface area contributed by atoms with Crippen molar-refractivity contribution in [2.75, 3.05) is 13.6 Å². The first-order chi connectivity index (χ1) is 8.41. The Bertz CT molecular complexity index is 434. The molecule has 18 heavy (non-hydrogen) atoms. The number of urea groups is 1. The van der Waals surface area contributed by atoms with E-state index in [0.717, 1.165) is 9.80 Å². The number of aliphatic carboxylic acids is 1. The van der Waals surface area contributed by atoms with Crippen LogP contribution in [0, 0.1) is 0 Å². The fourth-order valence-corrected chi connectivity index (χ4v) is 2.00. The Labute approximate surface area is 102 Å². The smallest absolute Gasteiger partial charge is 0.334 e. The molecule has 0 aromatic rings. The van der Waals surface area contributed by atoms with Crippen LogP contribution < -0.4 is 0 Å². The second-order valence-electron chi connectivity index (χ2n) is 4.22. The van der Waals surface area contributed by atoms with Crippen LogP contribution in [-0.2, 0) is 19.1 Å². The minimum Gasteiger partial charge on any atom is -0.479 e. The molecule has 4 amide bonds. The molecular formula is C10H12N2O6. The number of imide groups is 2. The van der Waals surface area contributed by atoms with Gasteiger partial charge in [-0.3, -0.25) is 19.4 Å². The Morgan fingerprint density at radius 1 is 1.33 bits per heavy atom. The van der Waals surface area contributed by atoms with Crippen molar-refractivity contribution in [1.82, 2.24) is 9.80 Å². The first-order valence-corrected chi connectivity index (χ1v) is 5.43. The van der Waals surface area contributed by atoms with Gasteiger partial charge in [0.1, 0.15) is 0 Å². The standard InChI is InChI=1S/C10H12N2O6/c1-11-7(13)8(14)12(10(11)17)4-5-2-3-6(18-5)9(15)16/h5-6H,2-4H2,1H3,(H,15,16). The summed E-state index contributed by atoms with van der Waals surface area (Å²) in [4.78, 5) is 46.5. The first kappa shape index (κ1) is 12.5. The van der Waals surface area contributed by atoms with Crippen molar-refractivity contribution in [1.29, 1.82) is 0 Å². The minimum absolute atomic E-state index is 0.0858. The van der Waals surface area contributed by atoms with E-state index in [0.29, 0.717) is 12.8 Å². The van der Waals surface area contributed by atoms with E-state index in [9.17, 15) is 19.2 Å². The first-order valence-electron chi connectivity index (χ1n) is 5.43. The molecule has 2 aliphatic rings. The summed E-state index contributed by atoms with van der Waals surface area (Å²) in [5.74, 6) is -2.84. The Morgan fingerprint density at radius 3 is 2.44 bits per heavy atom. The number of carboxylic acids is 1. The summed E-state index contributed by atoms with van der Waals surface area (Å²) in [5.41, 5.74) is 0. The van der Waals surface area contributed by atoms with Gasteiger partial charge in [0.05, 0.1) is 12.6 Å². The predicted molar refractivity (Wildman–Crippen MR) is 55.4 cm³/mol. The number of hydrogen-bond acceptors (Lipinski definition) is 5. The molecule has 0 saturated carbocycles. The Kier molecular flexibility index (Phi) is 3.04. The van der Waals surface area contributed by atoms with Crippen molar-refractivity contribution in [3.8, 4) is 0 Å². The third-order valence-corrected chi connectivity index (χ3v) is 3.02. The van der Waals surface area contributed by atoms with E-state index in [-0.39, 0.29) is 6.54 Å². The SMILES string of the molecule is CN1C(=O)C(=O)N(CC2CCC(C(=O)O)O2)C1=O. The normalized spacial score (nSPS) is 28.4. The molecule has 2 fully saturated rings. The lowest BCUT2D eigenvalue weighted by Gasteiger charge is -2.17. The molecule has 2 atom stereocenters. The zero-order valence-corrected chi connectivity index (χ0v) is 9.66. The fraction of sp³-hybridized carbons (Fsp3) is 0.600. The number of carbonyl (C=O) groups excluding carboxylic acids is 3. The van der Waals surface area contributed by atoms with E-state index in [2.05, 4.69) is 0 Å². The average Bonchev–Trinajstić information content (AvgIpc) is 2.86. The highest BCUT2D eigenvalue weighted by Gasteiger charge is 2.44. The van der Waals surface area contributed by atoms with Gasteiger partial charge >= 0.3 is 23.8 Å². The molecule has 2 saturated heterocycles. The van der Waals surface area contributed by atoms with Crippen molar-refractivity contribution in [3.63, 3.8) is 0 Å². The fourth-order valence-electron chi connectivity index (χ4n) is 2.00. The summed E-state index contributed by atoms with van der Waals surface area (Å²) in [7, 11) is 1.22. The van der Waals surface area contributed by atoms with Crippen LogP contribution in [0.1, 0.15) is 12.8 Å². The molecule has 0 aliphatic carbocycles. The average molecular weight is 256 g/mol. The van der Waals surface area contributed by atoms with Gasteiger partial charge in [0.2, 0.25) is 0 Å². The quantitative estimate of drug-likeness (QED) is 0.515. The van der Waals surface area contributed by atoms with Crippen LogP contribution in [0.3, 0.4) is 0 Å². The summed E-state index contributed by atoms with van der Waals surface area (Å²) >= 11 is 0. The van der Waals surface area contributed by atoms with Gasteiger partial charge in [-0.2, -0.15) is 0 Å². The van der Waals surface area contributed by atoms with Gasteiger partial charge in [-0.1, -0.05) is 0 Å². The van der Waals surface area contributed by atoms with Crippen molar-refractivity contribution < 1.29 is 29.0 Å². The molecule has 8 nitrogen and oxygen atoms in total. The number of ether oxygens (including phenoxy) is 1. The lowest BCUT2D eigenvalue weighted by atomic mass is 10.2. The van der Waals surface area contributed by atoms with E-state index in [1.807, 2.05) is 0 Å². The molecule has 1 N–H and O–H groups in total. The molecule has 98 valence electrons. The summed E-state index contributed by atoms with van der Waals surface area (Å²) in [6.07, 6.45) is -0.666. The van der Waals surface area contributed by atoms with E-state index in [4.69, 9.17) is 9.84 Å². The van der Waals surface area contributed by atoms with Crippen LogP contribution in [0.2, 0.25) is 0 Å². The van der Waals surface area contributed by atoms with Crippen molar-refractivity contribution >= 4 is 23.8 Å². The number of hydrogen-bond donors (Lipinski definition) is 1. The number of carboxylic acid groups (broad SMARTS) is 1. The van der Waals surface area contributed by atoms with Gasteiger partial charge < -0.3 is 9.84 Å². The third-order valence-electron chi connectivity index (χ3n) is 3.02. The number of carbonyl (C=O) groups is 4. The molecule has 0 spiro atoms. The maximum atomic E-state index is 11.6. The Hall–Kier alpha value is -1.96. The van der Waals surface area contributed by atoms with E-state index >= 15 is 0 Å². The molecule has 2 rings (SSSR count). The van der Waals surface area contributed by atoms with Crippen LogP contribution in [-0.4, -0.2) is 64.5 Å². The summed E-state index contributed by atoms with van der Waals surface area (Å²) < 4.78 is 5.18. The van der Waals surface area contributed by atoms with E-state index in [1.165, 1.54) is 7.05 Å². The van der Waals surface area contributed by atoms with Crippen molar-refractivity contribution in [3.05, 3.63) is 0 Å². The lowest BCUT2D eigenvalue weighted by molar-refractivity contribution is -0.150. The molecular weight excluding hydrogens is 244 g/mol. The summed E-state index contributed by atoms with van der Waals surface area (Å²) in [5, 5.41) is 8.75. The van der Waals surface area contributed by atoms with Gasteiger partial charge in [0.15, 0.2) is 6.10 Å². The van der Waals surface area contributed by atoms with E-state index < -0.39 is 36.0 Å². The van der Waals surface area contributed by atoms with Crippen LogP contribution in [0.5, 0.6) is 0 Å². The van der Waals surface area contributed by atoms with Gasteiger partial charge in [-0.25, -0.2) is 9.59 Å². The molecule has 0 bridgehead atoms. The second-order valence-corrected chi connectivity index (χ2v) is 4.22. The molecule has 0 aromatic carbocycles. The van der Waals surface area contributed by atoms with Crippen LogP contribution in [0.25, 0.3) is 0 Å². The molecule has 2 unspecified atom stereocenters. The van der Waals surface area contributed by atoms with Crippen LogP contribution in [0.4, 0.5) is 4.79 Å². The van der Waals surface area contributed by atoms with Crippen LogP contribution in [0.15, 0.2) is 0 Å². The maximum absolute atomic E-state index is 11.6. The zero-order chi connectivity index (χ0) is 13.4.